The number of benzene rings is 1. The lowest BCUT2D eigenvalue weighted by molar-refractivity contribution is -0.143. The fraction of sp³-hybridized carbons (Fsp3) is 0.333. The van der Waals surface area contributed by atoms with Gasteiger partial charge in [0.25, 0.3) is 5.91 Å². The zero-order valence-electron chi connectivity index (χ0n) is 13.1. The van der Waals surface area contributed by atoms with E-state index in [0.717, 1.165) is 0 Å². The third-order valence-electron chi connectivity index (χ3n) is 4.04. The Kier molecular flexibility index (Phi) is 4.70. The minimum Gasteiger partial charge on any atom is -0.479 e. The van der Waals surface area contributed by atoms with Gasteiger partial charge in [0.15, 0.2) is 5.69 Å². The summed E-state index contributed by atoms with van der Waals surface area (Å²) in [7, 11) is 0. The summed E-state index contributed by atoms with van der Waals surface area (Å²) >= 11 is 7.24. The Morgan fingerprint density at radius 1 is 1.48 bits per heavy atom. The van der Waals surface area contributed by atoms with Crippen LogP contribution in [0.15, 0.2) is 18.2 Å². The maximum absolute atomic E-state index is 13.3. The predicted molar refractivity (Wildman–Crippen MR) is 90.8 cm³/mol. The van der Waals surface area contributed by atoms with Gasteiger partial charge in [0.2, 0.25) is 0 Å². The molecule has 0 aliphatic carbocycles. The van der Waals surface area contributed by atoms with Gasteiger partial charge in [0.05, 0.1) is 16.4 Å². The fourth-order valence-corrected chi connectivity index (χ4v) is 4.06. The van der Waals surface area contributed by atoms with E-state index in [1.54, 1.807) is 6.92 Å². The summed E-state index contributed by atoms with van der Waals surface area (Å²) in [6, 6.07) is 4.01. The number of carboxylic acid groups (broad SMARTS) is 1. The number of carboxylic acids is 1. The van der Waals surface area contributed by atoms with E-state index in [4.69, 9.17) is 11.6 Å². The van der Waals surface area contributed by atoms with E-state index in [1.165, 1.54) is 34.6 Å². The highest BCUT2D eigenvalue weighted by Crippen LogP contribution is 2.29. The number of hydrogen-bond acceptors (Lipinski definition) is 5. The Bertz CT molecular complexity index is 851. The average Bonchev–Trinajstić information content (AvgIpc) is 3.18. The number of amides is 1. The van der Waals surface area contributed by atoms with E-state index in [2.05, 4.69) is 15.6 Å². The average molecular weight is 385 g/mol. The Hall–Kier alpha value is -2.13. The molecule has 1 aromatic heterocycles. The van der Waals surface area contributed by atoms with Gasteiger partial charge in [0.1, 0.15) is 11.4 Å². The van der Waals surface area contributed by atoms with Crippen molar-refractivity contribution in [3.8, 4) is 5.69 Å². The molecule has 1 atom stereocenters. The molecule has 0 saturated carbocycles. The van der Waals surface area contributed by atoms with Gasteiger partial charge in [-0.1, -0.05) is 16.8 Å². The summed E-state index contributed by atoms with van der Waals surface area (Å²) in [5, 5.41) is 19.7. The largest absolute Gasteiger partial charge is 0.479 e. The zero-order chi connectivity index (χ0) is 18.2. The molecule has 132 valence electrons. The first-order valence-electron chi connectivity index (χ1n) is 7.35. The Labute approximate surface area is 151 Å². The molecule has 1 unspecified atom stereocenters. The lowest BCUT2D eigenvalue weighted by Gasteiger charge is -2.24. The first-order chi connectivity index (χ1) is 11.8. The number of aliphatic carboxylic acids is 1. The second-order valence-electron chi connectivity index (χ2n) is 5.68. The number of carbonyl (C=O) groups excluding carboxylic acids is 1. The lowest BCUT2D eigenvalue weighted by atomic mass is 9.99. The van der Waals surface area contributed by atoms with E-state index < -0.39 is 23.2 Å². The molecule has 0 radical (unpaired) electrons. The van der Waals surface area contributed by atoms with Crippen molar-refractivity contribution in [3.63, 3.8) is 0 Å². The predicted octanol–water partition coefficient (Wildman–Crippen LogP) is 2.06. The van der Waals surface area contributed by atoms with Crippen molar-refractivity contribution in [3.05, 3.63) is 40.4 Å². The lowest BCUT2D eigenvalue weighted by Crippen LogP contribution is -2.55. The number of nitrogens with zero attached hydrogens (tertiary/aromatic N) is 3. The van der Waals surface area contributed by atoms with Crippen LogP contribution in [-0.2, 0) is 4.79 Å². The molecule has 0 bridgehead atoms. The molecule has 10 heteroatoms. The van der Waals surface area contributed by atoms with Crippen LogP contribution in [0.2, 0.25) is 5.02 Å². The van der Waals surface area contributed by atoms with Crippen LogP contribution in [0.1, 0.15) is 22.6 Å². The van der Waals surface area contributed by atoms with Crippen LogP contribution in [0.25, 0.3) is 5.69 Å². The summed E-state index contributed by atoms with van der Waals surface area (Å²) < 4.78 is 14.6. The second-order valence-corrected chi connectivity index (χ2v) is 7.19. The normalized spacial score (nSPS) is 19.8. The summed E-state index contributed by atoms with van der Waals surface area (Å²) in [4.78, 5) is 24.1. The van der Waals surface area contributed by atoms with Crippen molar-refractivity contribution in [1.82, 2.24) is 20.3 Å². The maximum Gasteiger partial charge on any atom is 0.330 e. The summed E-state index contributed by atoms with van der Waals surface area (Å²) in [5.74, 6) is -1.28. The highest BCUT2D eigenvalue weighted by Gasteiger charge is 2.44. The Morgan fingerprint density at radius 3 is 2.84 bits per heavy atom. The van der Waals surface area contributed by atoms with Crippen LogP contribution in [0.3, 0.4) is 0 Å². The molecule has 1 aromatic carbocycles. The summed E-state index contributed by atoms with van der Waals surface area (Å²) in [5.41, 5.74) is -0.443. The van der Waals surface area contributed by atoms with Crippen LogP contribution in [0, 0.1) is 12.7 Å². The molecular formula is C15H14ClFN4O3S. The van der Waals surface area contributed by atoms with E-state index in [1.807, 2.05) is 0 Å². The highest BCUT2D eigenvalue weighted by atomic mass is 35.5. The van der Waals surface area contributed by atoms with Crippen molar-refractivity contribution in [2.45, 2.75) is 18.9 Å². The van der Waals surface area contributed by atoms with Crippen LogP contribution < -0.4 is 5.32 Å². The van der Waals surface area contributed by atoms with Crippen molar-refractivity contribution in [2.75, 3.05) is 11.5 Å². The van der Waals surface area contributed by atoms with E-state index >= 15 is 0 Å². The maximum atomic E-state index is 13.3. The molecule has 1 aliphatic heterocycles. The van der Waals surface area contributed by atoms with Gasteiger partial charge < -0.3 is 10.4 Å². The van der Waals surface area contributed by atoms with Gasteiger partial charge in [-0.15, -0.1) is 5.10 Å². The minimum atomic E-state index is -1.29. The van der Waals surface area contributed by atoms with E-state index in [9.17, 15) is 19.1 Å². The van der Waals surface area contributed by atoms with Gasteiger partial charge >= 0.3 is 5.97 Å². The van der Waals surface area contributed by atoms with Gasteiger partial charge in [-0.25, -0.2) is 13.9 Å². The summed E-state index contributed by atoms with van der Waals surface area (Å²) in [6.45, 7) is 1.61. The van der Waals surface area contributed by atoms with Gasteiger partial charge in [-0.3, -0.25) is 4.79 Å². The first-order valence-corrected chi connectivity index (χ1v) is 8.89. The number of hydrogen-bond donors (Lipinski definition) is 2. The van der Waals surface area contributed by atoms with Crippen molar-refractivity contribution >= 4 is 35.2 Å². The number of carbonyl (C=O) groups is 2. The third-order valence-corrected chi connectivity index (χ3v) is 5.52. The summed E-state index contributed by atoms with van der Waals surface area (Å²) in [6.07, 6.45) is 0.347. The van der Waals surface area contributed by atoms with Crippen molar-refractivity contribution in [1.29, 1.82) is 0 Å². The molecule has 1 saturated heterocycles. The number of rotatable bonds is 4. The third kappa shape index (κ3) is 3.21. The fourth-order valence-electron chi connectivity index (χ4n) is 2.56. The van der Waals surface area contributed by atoms with Gasteiger partial charge in [0, 0.05) is 5.75 Å². The van der Waals surface area contributed by atoms with Crippen LogP contribution in [0.4, 0.5) is 4.39 Å². The molecule has 7 nitrogen and oxygen atoms in total. The van der Waals surface area contributed by atoms with Gasteiger partial charge in [-0.2, -0.15) is 11.8 Å². The minimum absolute atomic E-state index is 0.0120. The molecule has 0 spiro atoms. The molecule has 1 fully saturated rings. The first kappa shape index (κ1) is 17.7. The van der Waals surface area contributed by atoms with E-state index in [0.29, 0.717) is 29.3 Å². The molecular weight excluding hydrogens is 371 g/mol. The standard InChI is InChI=1S/C15H14ClFN4O3S/c1-8-12(13(22)18-15(14(23)24)4-5-25-7-15)19-20-21(8)9-2-3-11(17)10(16)6-9/h2-3,6H,4-5,7H2,1H3,(H,18,22)(H,23,24). The monoisotopic (exact) mass is 384 g/mol. The quantitative estimate of drug-likeness (QED) is 0.837. The zero-order valence-corrected chi connectivity index (χ0v) is 14.7. The molecule has 3 rings (SSSR count). The Balaban J connectivity index is 1.89. The topological polar surface area (TPSA) is 97.1 Å². The Morgan fingerprint density at radius 2 is 2.24 bits per heavy atom. The number of nitrogens with one attached hydrogen (secondary N) is 1. The molecule has 1 aliphatic rings. The number of aromatic nitrogens is 3. The number of thioether (sulfide) groups is 1. The van der Waals surface area contributed by atoms with Crippen molar-refractivity contribution < 1.29 is 19.1 Å². The second kappa shape index (κ2) is 6.64. The van der Waals surface area contributed by atoms with Crippen LogP contribution in [0.5, 0.6) is 0 Å². The van der Waals surface area contributed by atoms with Crippen LogP contribution >= 0.6 is 23.4 Å². The van der Waals surface area contributed by atoms with Gasteiger partial charge in [-0.05, 0) is 37.3 Å². The highest BCUT2D eigenvalue weighted by molar-refractivity contribution is 7.99. The molecule has 2 aromatic rings. The van der Waals surface area contributed by atoms with Crippen molar-refractivity contribution in [2.24, 2.45) is 0 Å². The molecule has 1 amide bonds. The van der Waals surface area contributed by atoms with Crippen LogP contribution in [-0.4, -0.2) is 49.0 Å². The molecule has 25 heavy (non-hydrogen) atoms. The number of halogens is 2. The molecule has 2 N–H and O–H groups in total. The molecule has 2 heterocycles. The van der Waals surface area contributed by atoms with E-state index in [-0.39, 0.29) is 10.7 Å². The smallest absolute Gasteiger partial charge is 0.330 e. The SMILES string of the molecule is Cc1c(C(=O)NC2(C(=O)O)CCSC2)nnn1-c1ccc(F)c(Cl)c1.